The summed E-state index contributed by atoms with van der Waals surface area (Å²) in [6.07, 6.45) is 2.96. The second kappa shape index (κ2) is 5.42. The molecular formula is C13H20F2O2. The number of carbonyl (C=O) groups is 1. The van der Waals surface area contributed by atoms with Gasteiger partial charge in [-0.25, -0.2) is 8.78 Å². The molecule has 1 aliphatic heterocycles. The molecule has 0 N–H and O–H groups in total. The van der Waals surface area contributed by atoms with Crippen molar-refractivity contribution in [3.63, 3.8) is 0 Å². The number of alkyl halides is 2. The van der Waals surface area contributed by atoms with Crippen LogP contribution < -0.4 is 0 Å². The molecule has 2 rings (SSSR count). The first-order valence-electron chi connectivity index (χ1n) is 6.55. The van der Waals surface area contributed by atoms with E-state index in [-0.39, 0.29) is 24.5 Å². The van der Waals surface area contributed by atoms with Crippen LogP contribution in [-0.2, 0) is 9.53 Å². The van der Waals surface area contributed by atoms with Crippen LogP contribution in [0.25, 0.3) is 0 Å². The first kappa shape index (κ1) is 12.9. The topological polar surface area (TPSA) is 26.3 Å². The Labute approximate surface area is 101 Å². The van der Waals surface area contributed by atoms with Gasteiger partial charge < -0.3 is 4.74 Å². The van der Waals surface area contributed by atoms with E-state index in [1.165, 1.54) is 0 Å². The van der Waals surface area contributed by atoms with Crippen molar-refractivity contribution in [2.75, 3.05) is 13.2 Å². The van der Waals surface area contributed by atoms with Gasteiger partial charge in [-0.2, -0.15) is 0 Å². The average Bonchev–Trinajstić information content (AvgIpc) is 2.30. The molecule has 0 radical (unpaired) electrons. The second-order valence-corrected chi connectivity index (χ2v) is 5.36. The average molecular weight is 246 g/mol. The molecule has 0 aromatic rings. The molecule has 1 heterocycles. The molecule has 1 saturated carbocycles. The van der Waals surface area contributed by atoms with Crippen molar-refractivity contribution in [2.24, 2.45) is 11.8 Å². The Morgan fingerprint density at radius 3 is 2.29 bits per heavy atom. The highest BCUT2D eigenvalue weighted by Crippen LogP contribution is 2.37. The van der Waals surface area contributed by atoms with E-state index in [1.54, 1.807) is 0 Å². The summed E-state index contributed by atoms with van der Waals surface area (Å²) < 4.78 is 31.2. The highest BCUT2D eigenvalue weighted by atomic mass is 19.3. The molecule has 0 amide bonds. The van der Waals surface area contributed by atoms with Crippen molar-refractivity contribution in [2.45, 2.75) is 50.9 Å². The van der Waals surface area contributed by atoms with Crippen molar-refractivity contribution in [3.8, 4) is 0 Å². The van der Waals surface area contributed by atoms with Crippen molar-refractivity contribution in [3.05, 3.63) is 0 Å². The summed E-state index contributed by atoms with van der Waals surface area (Å²) in [5, 5.41) is 0. The lowest BCUT2D eigenvalue weighted by Crippen LogP contribution is -2.30. The van der Waals surface area contributed by atoms with Crippen LogP contribution in [0.4, 0.5) is 8.78 Å². The molecule has 1 saturated heterocycles. The third-order valence-electron chi connectivity index (χ3n) is 4.00. The first-order chi connectivity index (χ1) is 8.07. The summed E-state index contributed by atoms with van der Waals surface area (Å²) in [7, 11) is 0. The zero-order valence-electron chi connectivity index (χ0n) is 10.1. The standard InChI is InChI=1S/C13H20F2O2/c14-13(15)5-1-11(2-6-13)12(16)9-10-3-7-17-8-4-10/h10-11H,1-9H2. The highest BCUT2D eigenvalue weighted by Gasteiger charge is 2.37. The number of carbonyl (C=O) groups excluding carboxylic acids is 1. The van der Waals surface area contributed by atoms with Crippen LogP contribution in [0.5, 0.6) is 0 Å². The van der Waals surface area contributed by atoms with Gasteiger partial charge in [0.25, 0.3) is 0 Å². The predicted octanol–water partition coefficient (Wildman–Crippen LogP) is 3.20. The van der Waals surface area contributed by atoms with E-state index in [2.05, 4.69) is 0 Å². The summed E-state index contributed by atoms with van der Waals surface area (Å²) in [6, 6.07) is 0. The molecule has 0 bridgehead atoms. The second-order valence-electron chi connectivity index (χ2n) is 5.36. The van der Waals surface area contributed by atoms with Crippen molar-refractivity contribution < 1.29 is 18.3 Å². The molecular weight excluding hydrogens is 226 g/mol. The molecule has 0 aromatic heterocycles. The monoisotopic (exact) mass is 246 g/mol. The summed E-state index contributed by atoms with van der Waals surface area (Å²) in [5.41, 5.74) is 0. The van der Waals surface area contributed by atoms with E-state index in [4.69, 9.17) is 4.74 Å². The normalized spacial score (nSPS) is 26.9. The molecule has 17 heavy (non-hydrogen) atoms. The Kier molecular flexibility index (Phi) is 4.13. The zero-order chi connectivity index (χ0) is 12.3. The van der Waals surface area contributed by atoms with Crippen LogP contribution in [0.1, 0.15) is 44.9 Å². The maximum atomic E-state index is 13.0. The van der Waals surface area contributed by atoms with E-state index in [0.717, 1.165) is 26.1 Å². The maximum absolute atomic E-state index is 13.0. The van der Waals surface area contributed by atoms with Crippen molar-refractivity contribution in [1.29, 1.82) is 0 Å². The van der Waals surface area contributed by atoms with Gasteiger partial charge in [-0.05, 0) is 31.6 Å². The number of rotatable bonds is 3. The third kappa shape index (κ3) is 3.73. The van der Waals surface area contributed by atoms with E-state index >= 15 is 0 Å². The summed E-state index contributed by atoms with van der Waals surface area (Å²) in [5.74, 6) is -2.03. The molecule has 0 unspecified atom stereocenters. The molecule has 2 aliphatic rings. The van der Waals surface area contributed by atoms with Gasteiger partial charge in [0, 0.05) is 38.4 Å². The fourth-order valence-corrected chi connectivity index (χ4v) is 2.76. The van der Waals surface area contributed by atoms with Gasteiger partial charge in [-0.15, -0.1) is 0 Å². The summed E-state index contributed by atoms with van der Waals surface area (Å²) >= 11 is 0. The Bertz CT molecular complexity index is 263. The van der Waals surface area contributed by atoms with Gasteiger partial charge >= 0.3 is 0 Å². The fraction of sp³-hybridized carbons (Fsp3) is 0.923. The molecule has 0 aromatic carbocycles. The zero-order valence-corrected chi connectivity index (χ0v) is 10.1. The van der Waals surface area contributed by atoms with Crippen LogP contribution in [0.3, 0.4) is 0 Å². The van der Waals surface area contributed by atoms with E-state index < -0.39 is 5.92 Å². The van der Waals surface area contributed by atoms with Crippen LogP contribution in [0.2, 0.25) is 0 Å². The number of hydrogen-bond acceptors (Lipinski definition) is 2. The number of halogens is 2. The minimum absolute atomic E-state index is 0.113. The molecule has 0 atom stereocenters. The lowest BCUT2D eigenvalue weighted by Gasteiger charge is -2.29. The van der Waals surface area contributed by atoms with Crippen molar-refractivity contribution >= 4 is 5.78 Å². The van der Waals surface area contributed by atoms with Gasteiger partial charge in [-0.3, -0.25) is 4.79 Å². The quantitative estimate of drug-likeness (QED) is 0.764. The third-order valence-corrected chi connectivity index (χ3v) is 4.00. The minimum Gasteiger partial charge on any atom is -0.381 e. The summed E-state index contributed by atoms with van der Waals surface area (Å²) in [6.45, 7) is 1.47. The molecule has 98 valence electrons. The SMILES string of the molecule is O=C(CC1CCOCC1)C1CCC(F)(F)CC1. The Hall–Kier alpha value is -0.510. The minimum atomic E-state index is -2.53. The maximum Gasteiger partial charge on any atom is 0.248 e. The van der Waals surface area contributed by atoms with E-state index in [9.17, 15) is 13.6 Å². The highest BCUT2D eigenvalue weighted by molar-refractivity contribution is 5.81. The smallest absolute Gasteiger partial charge is 0.248 e. The molecule has 4 heteroatoms. The fourth-order valence-electron chi connectivity index (χ4n) is 2.76. The lowest BCUT2D eigenvalue weighted by molar-refractivity contribution is -0.128. The summed E-state index contributed by atoms with van der Waals surface area (Å²) in [4.78, 5) is 12.0. The molecule has 0 spiro atoms. The number of Topliss-reactive ketones (excluding diaryl/α,β-unsaturated/α-hetero) is 1. The molecule has 2 nitrogen and oxygen atoms in total. The first-order valence-corrected chi connectivity index (χ1v) is 6.55. The number of hydrogen-bond donors (Lipinski definition) is 0. The van der Waals surface area contributed by atoms with Crippen molar-refractivity contribution in [1.82, 2.24) is 0 Å². The van der Waals surface area contributed by atoms with E-state index in [0.29, 0.717) is 25.2 Å². The molecule has 2 fully saturated rings. The Balaban J connectivity index is 1.76. The van der Waals surface area contributed by atoms with Gasteiger partial charge in [0.2, 0.25) is 5.92 Å². The molecule has 1 aliphatic carbocycles. The van der Waals surface area contributed by atoms with Crippen LogP contribution in [-0.4, -0.2) is 24.9 Å². The lowest BCUT2D eigenvalue weighted by atomic mass is 9.80. The van der Waals surface area contributed by atoms with Gasteiger partial charge in [-0.1, -0.05) is 0 Å². The largest absolute Gasteiger partial charge is 0.381 e. The number of ether oxygens (including phenoxy) is 1. The predicted molar refractivity (Wildman–Crippen MR) is 60.1 cm³/mol. The van der Waals surface area contributed by atoms with Gasteiger partial charge in [0.15, 0.2) is 0 Å². The van der Waals surface area contributed by atoms with Crippen LogP contribution >= 0.6 is 0 Å². The van der Waals surface area contributed by atoms with Crippen LogP contribution in [0, 0.1) is 11.8 Å². The Morgan fingerprint density at radius 1 is 1.12 bits per heavy atom. The number of ketones is 1. The van der Waals surface area contributed by atoms with Gasteiger partial charge in [0.1, 0.15) is 5.78 Å². The van der Waals surface area contributed by atoms with Crippen LogP contribution in [0.15, 0.2) is 0 Å². The van der Waals surface area contributed by atoms with E-state index in [1.807, 2.05) is 0 Å². The Morgan fingerprint density at radius 2 is 1.71 bits per heavy atom. The van der Waals surface area contributed by atoms with Gasteiger partial charge in [0.05, 0.1) is 0 Å².